The number of aryl methyl sites for hydroxylation is 1. The molecule has 0 spiro atoms. The quantitative estimate of drug-likeness (QED) is 0.840. The van der Waals surface area contributed by atoms with Crippen LogP contribution in [0.5, 0.6) is 0 Å². The molecule has 0 saturated heterocycles. The largest absolute Gasteiger partial charge is 0.480 e. The molecule has 1 rings (SSSR count). The maximum absolute atomic E-state index is 11.2. The van der Waals surface area contributed by atoms with Gasteiger partial charge in [-0.05, 0) is 81.2 Å². The van der Waals surface area contributed by atoms with Crippen molar-refractivity contribution >= 4 is 5.97 Å². The summed E-state index contributed by atoms with van der Waals surface area (Å²) >= 11 is 0. The molecule has 3 N–H and O–H groups in total. The lowest BCUT2D eigenvalue weighted by Crippen LogP contribution is -2.46. The van der Waals surface area contributed by atoms with Gasteiger partial charge in [-0.3, -0.25) is 4.79 Å². The van der Waals surface area contributed by atoms with Crippen molar-refractivity contribution in [3.8, 4) is 0 Å². The molecule has 1 aromatic rings. The van der Waals surface area contributed by atoms with Crippen molar-refractivity contribution in [1.29, 1.82) is 0 Å². The highest BCUT2D eigenvalue weighted by Gasteiger charge is 2.31. The first kappa shape index (κ1) is 17.7. The maximum Gasteiger partial charge on any atom is 0.323 e. The van der Waals surface area contributed by atoms with Gasteiger partial charge in [0.25, 0.3) is 0 Å². The fourth-order valence-electron chi connectivity index (χ4n) is 2.87. The molecule has 0 aliphatic heterocycles. The third kappa shape index (κ3) is 4.07. The van der Waals surface area contributed by atoms with E-state index >= 15 is 0 Å². The van der Waals surface area contributed by atoms with E-state index in [-0.39, 0.29) is 5.92 Å². The fraction of sp³-hybridized carbons (Fsp3) is 0.611. The van der Waals surface area contributed by atoms with E-state index in [2.05, 4.69) is 40.7 Å². The van der Waals surface area contributed by atoms with E-state index in [0.717, 1.165) is 12.8 Å². The molecule has 0 fully saturated rings. The number of carboxylic acids is 1. The van der Waals surface area contributed by atoms with Crippen LogP contribution in [0, 0.1) is 33.6 Å². The molecule has 3 heteroatoms. The molecule has 118 valence electrons. The van der Waals surface area contributed by atoms with Crippen LogP contribution in [0.4, 0.5) is 0 Å². The molecule has 2 atom stereocenters. The van der Waals surface area contributed by atoms with Gasteiger partial charge in [0.05, 0.1) is 0 Å². The van der Waals surface area contributed by atoms with Gasteiger partial charge >= 0.3 is 5.97 Å². The topological polar surface area (TPSA) is 63.3 Å². The molecule has 0 saturated carbocycles. The van der Waals surface area contributed by atoms with Gasteiger partial charge < -0.3 is 10.8 Å². The number of carbonyl (C=O) groups is 1. The Morgan fingerprint density at radius 1 is 1.24 bits per heavy atom. The fourth-order valence-corrected chi connectivity index (χ4v) is 2.87. The van der Waals surface area contributed by atoms with Crippen LogP contribution >= 0.6 is 0 Å². The maximum atomic E-state index is 11.2. The highest BCUT2D eigenvalue weighted by Crippen LogP contribution is 2.27. The van der Waals surface area contributed by atoms with E-state index < -0.39 is 11.5 Å². The van der Waals surface area contributed by atoms with Crippen LogP contribution in [-0.2, 0) is 11.2 Å². The van der Waals surface area contributed by atoms with Gasteiger partial charge in [-0.15, -0.1) is 0 Å². The Balaban J connectivity index is 3.01. The number of hydrogen-bond donors (Lipinski definition) is 2. The summed E-state index contributed by atoms with van der Waals surface area (Å²) in [5.74, 6) is -0.634. The minimum Gasteiger partial charge on any atom is -0.480 e. The average Bonchev–Trinajstić information content (AvgIpc) is 2.41. The molecule has 2 unspecified atom stereocenters. The monoisotopic (exact) mass is 291 g/mol. The number of nitrogens with two attached hydrogens (primary N) is 1. The minimum atomic E-state index is -1.15. The Labute approximate surface area is 128 Å². The zero-order valence-electron chi connectivity index (χ0n) is 14.2. The van der Waals surface area contributed by atoms with Gasteiger partial charge in [0.15, 0.2) is 0 Å². The third-order valence-electron chi connectivity index (χ3n) is 4.88. The van der Waals surface area contributed by atoms with Gasteiger partial charge in [-0.1, -0.05) is 19.4 Å². The Bertz CT molecular complexity index is 533. The summed E-state index contributed by atoms with van der Waals surface area (Å²) in [5.41, 5.74) is 11.4. The predicted octanol–water partition coefficient (Wildman–Crippen LogP) is 3.68. The number of carboxylic acid groups (broad SMARTS) is 1. The summed E-state index contributed by atoms with van der Waals surface area (Å²) in [6.07, 6.45) is 2.33. The van der Waals surface area contributed by atoms with E-state index in [0.29, 0.717) is 6.42 Å². The lowest BCUT2D eigenvalue weighted by molar-refractivity contribution is -0.143. The van der Waals surface area contributed by atoms with E-state index in [1.165, 1.54) is 27.8 Å². The molecule has 0 aromatic heterocycles. The van der Waals surface area contributed by atoms with Gasteiger partial charge in [-0.2, -0.15) is 0 Å². The van der Waals surface area contributed by atoms with Gasteiger partial charge in [0.2, 0.25) is 0 Å². The molecule has 0 amide bonds. The van der Waals surface area contributed by atoms with Crippen LogP contribution in [0.15, 0.2) is 6.07 Å². The van der Waals surface area contributed by atoms with Crippen molar-refractivity contribution in [3.63, 3.8) is 0 Å². The van der Waals surface area contributed by atoms with E-state index in [1.807, 2.05) is 0 Å². The predicted molar refractivity (Wildman–Crippen MR) is 87.7 cm³/mol. The molecule has 0 aliphatic rings. The van der Waals surface area contributed by atoms with Crippen LogP contribution in [-0.4, -0.2) is 16.6 Å². The van der Waals surface area contributed by atoms with Crippen molar-refractivity contribution in [2.75, 3.05) is 0 Å². The Kier molecular flexibility index (Phi) is 5.57. The summed E-state index contributed by atoms with van der Waals surface area (Å²) < 4.78 is 0. The van der Waals surface area contributed by atoms with Crippen molar-refractivity contribution in [2.45, 2.75) is 66.3 Å². The minimum absolute atomic E-state index is 0.288. The lowest BCUT2D eigenvalue weighted by atomic mass is 9.82. The van der Waals surface area contributed by atoms with Crippen LogP contribution in [0.3, 0.4) is 0 Å². The lowest BCUT2D eigenvalue weighted by Gasteiger charge is -2.26. The third-order valence-corrected chi connectivity index (χ3v) is 4.88. The van der Waals surface area contributed by atoms with E-state index in [9.17, 15) is 9.90 Å². The summed E-state index contributed by atoms with van der Waals surface area (Å²) in [4.78, 5) is 11.2. The van der Waals surface area contributed by atoms with E-state index in [1.54, 1.807) is 6.92 Å². The molecule has 3 nitrogen and oxygen atoms in total. The standard InChI is InChI=1S/C18H29NO2/c1-7-15(10-18(6,19)17(20)21)9-16-8-11(2)12(3)13(4)14(16)5/h8,15H,7,9-10,19H2,1-6H3,(H,20,21). The molecular formula is C18H29NO2. The van der Waals surface area contributed by atoms with Crippen LogP contribution in [0.2, 0.25) is 0 Å². The van der Waals surface area contributed by atoms with Gasteiger partial charge in [0.1, 0.15) is 5.54 Å². The molecule has 1 aromatic carbocycles. The Hall–Kier alpha value is -1.35. The molecule has 0 aliphatic carbocycles. The summed E-state index contributed by atoms with van der Waals surface area (Å²) in [7, 11) is 0. The second-order valence-corrected chi connectivity index (χ2v) is 6.63. The zero-order chi connectivity index (χ0) is 16.4. The first-order chi connectivity index (χ1) is 9.60. The SMILES string of the molecule is CCC(Cc1cc(C)c(C)c(C)c1C)CC(C)(N)C(=O)O. The van der Waals surface area contributed by atoms with Gasteiger partial charge in [-0.25, -0.2) is 0 Å². The van der Waals surface area contributed by atoms with Crippen LogP contribution < -0.4 is 5.73 Å². The number of hydrogen-bond acceptors (Lipinski definition) is 2. The summed E-state index contributed by atoms with van der Waals surface area (Å²) in [5, 5.41) is 9.21. The molecule has 0 heterocycles. The highest BCUT2D eigenvalue weighted by atomic mass is 16.4. The second kappa shape index (κ2) is 6.61. The smallest absolute Gasteiger partial charge is 0.323 e. The van der Waals surface area contributed by atoms with Crippen LogP contribution in [0.1, 0.15) is 54.5 Å². The Morgan fingerprint density at radius 2 is 1.81 bits per heavy atom. The van der Waals surface area contributed by atoms with Crippen LogP contribution in [0.25, 0.3) is 0 Å². The zero-order valence-corrected chi connectivity index (χ0v) is 14.2. The molecule has 0 radical (unpaired) electrons. The van der Waals surface area contributed by atoms with Crippen molar-refractivity contribution in [2.24, 2.45) is 11.7 Å². The first-order valence-corrected chi connectivity index (χ1v) is 7.68. The number of aliphatic carboxylic acids is 1. The van der Waals surface area contributed by atoms with E-state index in [4.69, 9.17) is 5.73 Å². The second-order valence-electron chi connectivity index (χ2n) is 6.63. The molecule has 0 bridgehead atoms. The highest BCUT2D eigenvalue weighted by molar-refractivity contribution is 5.77. The van der Waals surface area contributed by atoms with Gasteiger partial charge in [0, 0.05) is 0 Å². The Morgan fingerprint density at radius 3 is 2.29 bits per heavy atom. The van der Waals surface area contributed by atoms with Crippen molar-refractivity contribution in [3.05, 3.63) is 33.9 Å². The first-order valence-electron chi connectivity index (χ1n) is 7.68. The molecular weight excluding hydrogens is 262 g/mol. The summed E-state index contributed by atoms with van der Waals surface area (Å²) in [6, 6.07) is 2.24. The average molecular weight is 291 g/mol. The summed E-state index contributed by atoms with van der Waals surface area (Å²) in [6.45, 7) is 12.3. The normalized spacial score (nSPS) is 15.6. The number of rotatable bonds is 6. The number of benzene rings is 1. The van der Waals surface area contributed by atoms with Crippen molar-refractivity contribution in [1.82, 2.24) is 0 Å². The molecule has 21 heavy (non-hydrogen) atoms. The van der Waals surface area contributed by atoms with Crippen molar-refractivity contribution < 1.29 is 9.90 Å².